The second-order valence-corrected chi connectivity index (χ2v) is 4.70. The van der Waals surface area contributed by atoms with Gasteiger partial charge < -0.3 is 10.1 Å². The molecule has 1 N–H and O–H groups in total. The Morgan fingerprint density at radius 2 is 2.05 bits per heavy atom. The van der Waals surface area contributed by atoms with Crippen LogP contribution in [-0.4, -0.2) is 23.4 Å². The molecule has 0 bridgehead atoms. The molecule has 0 fully saturated rings. The molecule has 1 aromatic heterocycles. The number of likely N-dealkylation sites (N-methyl/N-ethyl adjacent to an activating group) is 1. The molecule has 108 valence electrons. The number of aryl methyl sites for hydroxylation is 1. The molecule has 0 saturated carbocycles. The second kappa shape index (κ2) is 7.10. The SMILES string of the molecule is CCNC(Cc1ccccc1OC)c1ccnn1CC. The summed E-state index contributed by atoms with van der Waals surface area (Å²) in [5, 5.41) is 7.91. The van der Waals surface area contributed by atoms with Crippen LogP contribution in [0.2, 0.25) is 0 Å². The van der Waals surface area contributed by atoms with Gasteiger partial charge in [-0.15, -0.1) is 0 Å². The molecule has 1 atom stereocenters. The minimum absolute atomic E-state index is 0.249. The molecule has 2 rings (SSSR count). The van der Waals surface area contributed by atoms with E-state index in [1.807, 2.05) is 23.0 Å². The zero-order valence-electron chi connectivity index (χ0n) is 12.5. The van der Waals surface area contributed by atoms with Gasteiger partial charge in [0.05, 0.1) is 18.8 Å². The van der Waals surface area contributed by atoms with Crippen LogP contribution in [-0.2, 0) is 13.0 Å². The highest BCUT2D eigenvalue weighted by Crippen LogP contribution is 2.24. The zero-order valence-corrected chi connectivity index (χ0v) is 12.5. The number of nitrogens with zero attached hydrogens (tertiary/aromatic N) is 2. The topological polar surface area (TPSA) is 39.1 Å². The lowest BCUT2D eigenvalue weighted by atomic mass is 10.0. The smallest absolute Gasteiger partial charge is 0.122 e. The van der Waals surface area contributed by atoms with Crippen molar-refractivity contribution < 1.29 is 4.74 Å². The molecule has 0 aliphatic carbocycles. The Hall–Kier alpha value is -1.81. The normalized spacial score (nSPS) is 12.3. The predicted molar refractivity (Wildman–Crippen MR) is 81.0 cm³/mol. The van der Waals surface area contributed by atoms with Crippen LogP contribution >= 0.6 is 0 Å². The summed E-state index contributed by atoms with van der Waals surface area (Å²) in [5.41, 5.74) is 2.44. The molecule has 1 aromatic carbocycles. The summed E-state index contributed by atoms with van der Waals surface area (Å²) in [4.78, 5) is 0. The van der Waals surface area contributed by atoms with Crippen LogP contribution in [0, 0.1) is 0 Å². The van der Waals surface area contributed by atoms with Gasteiger partial charge in [0.1, 0.15) is 5.75 Å². The standard InChI is InChI=1S/C16H23N3O/c1-4-17-14(15-10-11-18-19(15)5-2)12-13-8-6-7-9-16(13)20-3/h6-11,14,17H,4-5,12H2,1-3H3. The maximum atomic E-state index is 5.45. The van der Waals surface area contributed by atoms with Crippen molar-refractivity contribution in [2.75, 3.05) is 13.7 Å². The van der Waals surface area contributed by atoms with Crippen LogP contribution in [0.25, 0.3) is 0 Å². The third-order valence-corrected chi connectivity index (χ3v) is 3.47. The number of methoxy groups -OCH3 is 1. The van der Waals surface area contributed by atoms with E-state index in [0.29, 0.717) is 0 Å². The molecule has 1 unspecified atom stereocenters. The molecule has 2 aromatic rings. The van der Waals surface area contributed by atoms with Crippen molar-refractivity contribution in [3.05, 3.63) is 47.8 Å². The van der Waals surface area contributed by atoms with Crippen molar-refractivity contribution in [2.45, 2.75) is 32.9 Å². The monoisotopic (exact) mass is 273 g/mol. The Morgan fingerprint density at radius 3 is 2.75 bits per heavy atom. The number of hydrogen-bond acceptors (Lipinski definition) is 3. The van der Waals surface area contributed by atoms with Crippen molar-refractivity contribution >= 4 is 0 Å². The second-order valence-electron chi connectivity index (χ2n) is 4.70. The van der Waals surface area contributed by atoms with Gasteiger partial charge in [0, 0.05) is 12.7 Å². The van der Waals surface area contributed by atoms with E-state index in [1.54, 1.807) is 7.11 Å². The van der Waals surface area contributed by atoms with E-state index in [0.717, 1.165) is 25.3 Å². The van der Waals surface area contributed by atoms with Crippen molar-refractivity contribution in [1.82, 2.24) is 15.1 Å². The molecule has 0 radical (unpaired) electrons. The van der Waals surface area contributed by atoms with E-state index in [1.165, 1.54) is 11.3 Å². The third-order valence-electron chi connectivity index (χ3n) is 3.47. The Morgan fingerprint density at radius 1 is 1.25 bits per heavy atom. The predicted octanol–water partition coefficient (Wildman–Crippen LogP) is 2.80. The summed E-state index contributed by atoms with van der Waals surface area (Å²) in [6, 6.07) is 10.5. The zero-order chi connectivity index (χ0) is 14.4. The van der Waals surface area contributed by atoms with Crippen molar-refractivity contribution in [3.63, 3.8) is 0 Å². The summed E-state index contributed by atoms with van der Waals surface area (Å²) in [7, 11) is 1.72. The quantitative estimate of drug-likeness (QED) is 0.843. The Balaban J connectivity index is 2.25. The number of aromatic nitrogens is 2. The van der Waals surface area contributed by atoms with Crippen LogP contribution < -0.4 is 10.1 Å². The van der Waals surface area contributed by atoms with Crippen LogP contribution in [0.5, 0.6) is 5.75 Å². The third kappa shape index (κ3) is 3.20. The lowest BCUT2D eigenvalue weighted by Crippen LogP contribution is -2.25. The molecule has 1 heterocycles. The minimum Gasteiger partial charge on any atom is -0.496 e. The molecule has 0 spiro atoms. The number of ether oxygens (including phenoxy) is 1. The molecular formula is C16H23N3O. The number of hydrogen-bond donors (Lipinski definition) is 1. The van der Waals surface area contributed by atoms with Crippen LogP contribution in [0.4, 0.5) is 0 Å². The number of rotatable bonds is 7. The molecular weight excluding hydrogens is 250 g/mol. The maximum absolute atomic E-state index is 5.45. The van der Waals surface area contributed by atoms with Gasteiger partial charge in [0.2, 0.25) is 0 Å². The van der Waals surface area contributed by atoms with Gasteiger partial charge in [0.15, 0.2) is 0 Å². The molecule has 20 heavy (non-hydrogen) atoms. The molecule has 4 nitrogen and oxygen atoms in total. The minimum atomic E-state index is 0.249. The lowest BCUT2D eigenvalue weighted by molar-refractivity contribution is 0.403. The molecule has 0 amide bonds. The first kappa shape index (κ1) is 14.6. The fourth-order valence-electron chi connectivity index (χ4n) is 2.52. The average molecular weight is 273 g/mol. The average Bonchev–Trinajstić information content (AvgIpc) is 2.95. The van der Waals surface area contributed by atoms with Gasteiger partial charge in [-0.1, -0.05) is 25.1 Å². The first-order chi connectivity index (χ1) is 9.80. The molecule has 0 aliphatic rings. The number of para-hydroxylation sites is 1. The van der Waals surface area contributed by atoms with E-state index in [-0.39, 0.29) is 6.04 Å². The number of nitrogens with one attached hydrogen (secondary N) is 1. The Bertz CT molecular complexity index is 536. The first-order valence-electron chi connectivity index (χ1n) is 7.17. The van der Waals surface area contributed by atoms with E-state index in [2.05, 4.69) is 42.5 Å². The Labute approximate surface area is 120 Å². The first-order valence-corrected chi connectivity index (χ1v) is 7.17. The summed E-state index contributed by atoms with van der Waals surface area (Å²) in [5.74, 6) is 0.943. The molecule has 0 aliphatic heterocycles. The lowest BCUT2D eigenvalue weighted by Gasteiger charge is -2.20. The van der Waals surface area contributed by atoms with E-state index in [4.69, 9.17) is 4.74 Å². The van der Waals surface area contributed by atoms with Gasteiger partial charge in [-0.3, -0.25) is 4.68 Å². The van der Waals surface area contributed by atoms with Crippen LogP contribution in [0.15, 0.2) is 36.5 Å². The summed E-state index contributed by atoms with van der Waals surface area (Å²) in [6.07, 6.45) is 2.76. The van der Waals surface area contributed by atoms with Crippen molar-refractivity contribution in [1.29, 1.82) is 0 Å². The van der Waals surface area contributed by atoms with E-state index < -0.39 is 0 Å². The van der Waals surface area contributed by atoms with Gasteiger partial charge in [0.25, 0.3) is 0 Å². The highest BCUT2D eigenvalue weighted by atomic mass is 16.5. The highest BCUT2D eigenvalue weighted by molar-refractivity contribution is 5.34. The van der Waals surface area contributed by atoms with Gasteiger partial charge >= 0.3 is 0 Å². The summed E-state index contributed by atoms with van der Waals surface area (Å²) in [6.45, 7) is 6.05. The van der Waals surface area contributed by atoms with Gasteiger partial charge in [-0.2, -0.15) is 5.10 Å². The van der Waals surface area contributed by atoms with Crippen LogP contribution in [0.1, 0.15) is 31.1 Å². The molecule has 4 heteroatoms. The fourth-order valence-corrected chi connectivity index (χ4v) is 2.52. The van der Waals surface area contributed by atoms with Gasteiger partial charge in [-0.25, -0.2) is 0 Å². The summed E-state index contributed by atoms with van der Waals surface area (Å²) < 4.78 is 7.49. The van der Waals surface area contributed by atoms with Crippen molar-refractivity contribution in [2.24, 2.45) is 0 Å². The summed E-state index contributed by atoms with van der Waals surface area (Å²) >= 11 is 0. The van der Waals surface area contributed by atoms with Gasteiger partial charge in [-0.05, 0) is 37.6 Å². The highest BCUT2D eigenvalue weighted by Gasteiger charge is 2.17. The Kier molecular flexibility index (Phi) is 5.18. The van der Waals surface area contributed by atoms with Crippen molar-refractivity contribution in [3.8, 4) is 5.75 Å². The van der Waals surface area contributed by atoms with Crippen LogP contribution in [0.3, 0.4) is 0 Å². The largest absolute Gasteiger partial charge is 0.496 e. The maximum Gasteiger partial charge on any atom is 0.122 e. The number of benzene rings is 1. The molecule has 0 saturated heterocycles. The van der Waals surface area contributed by atoms with E-state index >= 15 is 0 Å². The van der Waals surface area contributed by atoms with E-state index in [9.17, 15) is 0 Å². The fraction of sp³-hybridized carbons (Fsp3) is 0.438.